The van der Waals surface area contributed by atoms with Crippen LogP contribution in [0.4, 0.5) is 0 Å². The third kappa shape index (κ3) is 3.28. The summed E-state index contributed by atoms with van der Waals surface area (Å²) in [5.41, 5.74) is 0.257. The van der Waals surface area contributed by atoms with Crippen LogP contribution in [0.2, 0.25) is 0 Å². The Bertz CT molecular complexity index is 165. The predicted molar refractivity (Wildman–Crippen MR) is 55.7 cm³/mol. The third-order valence-electron chi connectivity index (χ3n) is 2.79. The fourth-order valence-electron chi connectivity index (χ4n) is 2.07. The first kappa shape index (κ1) is 11.0. The van der Waals surface area contributed by atoms with E-state index in [1.54, 1.807) is 0 Å². The van der Waals surface area contributed by atoms with Gasteiger partial charge < -0.3 is 10.4 Å². The van der Waals surface area contributed by atoms with Crippen LogP contribution < -0.4 is 5.32 Å². The Hall–Kier alpha value is -0.0800. The van der Waals surface area contributed by atoms with Crippen molar-refractivity contribution in [3.8, 4) is 0 Å². The zero-order valence-corrected chi connectivity index (χ0v) is 9.30. The molecule has 13 heavy (non-hydrogen) atoms. The van der Waals surface area contributed by atoms with Crippen molar-refractivity contribution in [2.24, 2.45) is 11.3 Å². The molecule has 2 nitrogen and oxygen atoms in total. The molecular weight excluding hydrogens is 162 g/mol. The summed E-state index contributed by atoms with van der Waals surface area (Å²) in [5, 5.41) is 13.3. The zero-order chi connectivity index (χ0) is 10.1. The van der Waals surface area contributed by atoms with E-state index in [-0.39, 0.29) is 11.5 Å². The summed E-state index contributed by atoms with van der Waals surface area (Å²) in [5.74, 6) is 0.661. The summed E-state index contributed by atoms with van der Waals surface area (Å²) in [4.78, 5) is 0. The molecule has 1 rings (SSSR count). The molecule has 0 aromatic rings. The third-order valence-corrected chi connectivity index (χ3v) is 2.79. The average Bonchev–Trinajstić information content (AvgIpc) is 1.93. The molecule has 0 saturated carbocycles. The van der Waals surface area contributed by atoms with Crippen LogP contribution in [0.25, 0.3) is 0 Å². The number of nitrogens with one attached hydrogen (secondary N) is 1. The van der Waals surface area contributed by atoms with E-state index in [0.717, 1.165) is 19.4 Å². The summed E-state index contributed by atoms with van der Waals surface area (Å²) in [6.07, 6.45) is 1.85. The van der Waals surface area contributed by atoms with Gasteiger partial charge in [-0.2, -0.15) is 0 Å². The highest BCUT2D eigenvalue weighted by Gasteiger charge is 2.33. The first-order chi connectivity index (χ1) is 5.91. The van der Waals surface area contributed by atoms with Crippen molar-refractivity contribution < 1.29 is 5.11 Å². The lowest BCUT2D eigenvalue weighted by Gasteiger charge is -2.39. The highest BCUT2D eigenvalue weighted by molar-refractivity contribution is 4.89. The number of hydrogen-bond acceptors (Lipinski definition) is 2. The highest BCUT2D eigenvalue weighted by atomic mass is 16.3. The molecule has 2 unspecified atom stereocenters. The van der Waals surface area contributed by atoms with Gasteiger partial charge in [-0.25, -0.2) is 0 Å². The molecule has 0 aliphatic carbocycles. The molecule has 2 atom stereocenters. The lowest BCUT2D eigenvalue weighted by Crippen LogP contribution is -2.52. The Morgan fingerprint density at radius 1 is 1.46 bits per heavy atom. The van der Waals surface area contributed by atoms with E-state index in [4.69, 9.17) is 0 Å². The molecular formula is C11H23NO. The highest BCUT2D eigenvalue weighted by Crippen LogP contribution is 2.28. The van der Waals surface area contributed by atoms with Crippen LogP contribution in [-0.2, 0) is 0 Å². The number of aliphatic hydroxyl groups is 1. The summed E-state index contributed by atoms with van der Waals surface area (Å²) >= 11 is 0. The number of piperidine rings is 1. The second-order valence-corrected chi connectivity index (χ2v) is 5.55. The molecule has 1 fully saturated rings. The SMILES string of the molecule is CC(C)CC1NCC(C)(C)CC1O. The van der Waals surface area contributed by atoms with Gasteiger partial charge in [-0.05, 0) is 24.2 Å². The summed E-state index contributed by atoms with van der Waals surface area (Å²) in [6, 6.07) is 0.313. The Morgan fingerprint density at radius 2 is 2.08 bits per heavy atom. The minimum atomic E-state index is -0.161. The fraction of sp³-hybridized carbons (Fsp3) is 1.00. The Morgan fingerprint density at radius 3 is 2.54 bits per heavy atom. The molecule has 78 valence electrons. The van der Waals surface area contributed by atoms with Gasteiger partial charge in [0, 0.05) is 12.6 Å². The second kappa shape index (κ2) is 3.97. The maximum atomic E-state index is 9.89. The molecule has 2 N–H and O–H groups in total. The van der Waals surface area contributed by atoms with Gasteiger partial charge in [0.05, 0.1) is 6.10 Å². The van der Waals surface area contributed by atoms with Gasteiger partial charge in [0.25, 0.3) is 0 Å². The molecule has 1 aliphatic rings. The number of hydrogen-bond donors (Lipinski definition) is 2. The summed E-state index contributed by atoms with van der Waals surface area (Å²) in [7, 11) is 0. The van der Waals surface area contributed by atoms with Crippen LogP contribution in [0.1, 0.15) is 40.5 Å². The quantitative estimate of drug-likeness (QED) is 0.687. The van der Waals surface area contributed by atoms with E-state index in [1.807, 2.05) is 0 Å². The first-order valence-electron chi connectivity index (χ1n) is 5.32. The molecule has 0 aromatic heterocycles. The Labute approximate surface area is 81.7 Å². The monoisotopic (exact) mass is 185 g/mol. The molecule has 0 amide bonds. The fourth-order valence-corrected chi connectivity index (χ4v) is 2.07. The smallest absolute Gasteiger partial charge is 0.0698 e. The van der Waals surface area contributed by atoms with Crippen LogP contribution in [0, 0.1) is 11.3 Å². The topological polar surface area (TPSA) is 32.3 Å². The van der Waals surface area contributed by atoms with Crippen molar-refractivity contribution in [2.45, 2.75) is 52.7 Å². The van der Waals surface area contributed by atoms with Crippen LogP contribution in [-0.4, -0.2) is 23.8 Å². The molecule has 0 radical (unpaired) electrons. The zero-order valence-electron chi connectivity index (χ0n) is 9.30. The molecule has 0 spiro atoms. The van der Waals surface area contributed by atoms with Gasteiger partial charge in [0.1, 0.15) is 0 Å². The van der Waals surface area contributed by atoms with Gasteiger partial charge in [-0.3, -0.25) is 0 Å². The molecule has 0 aromatic carbocycles. The summed E-state index contributed by atoms with van der Waals surface area (Å²) in [6.45, 7) is 9.84. The van der Waals surface area contributed by atoms with Crippen molar-refractivity contribution in [3.05, 3.63) is 0 Å². The van der Waals surface area contributed by atoms with Crippen molar-refractivity contribution in [3.63, 3.8) is 0 Å². The Kier molecular flexibility index (Phi) is 3.36. The molecule has 1 heterocycles. The molecule has 1 aliphatic heterocycles. The van der Waals surface area contributed by atoms with E-state index in [9.17, 15) is 5.11 Å². The van der Waals surface area contributed by atoms with E-state index >= 15 is 0 Å². The van der Waals surface area contributed by atoms with E-state index in [1.165, 1.54) is 0 Å². The number of aliphatic hydroxyl groups excluding tert-OH is 1. The van der Waals surface area contributed by atoms with Crippen LogP contribution in [0.15, 0.2) is 0 Å². The standard InChI is InChI=1S/C11H23NO/c1-8(2)5-9-10(13)6-11(3,4)7-12-9/h8-10,12-13H,5-7H2,1-4H3. The van der Waals surface area contributed by atoms with Crippen molar-refractivity contribution in [1.29, 1.82) is 0 Å². The molecule has 0 bridgehead atoms. The van der Waals surface area contributed by atoms with Gasteiger partial charge in [0.2, 0.25) is 0 Å². The van der Waals surface area contributed by atoms with E-state index in [2.05, 4.69) is 33.0 Å². The predicted octanol–water partition coefficient (Wildman–Crippen LogP) is 1.78. The van der Waals surface area contributed by atoms with Crippen LogP contribution in [0.5, 0.6) is 0 Å². The maximum absolute atomic E-state index is 9.89. The van der Waals surface area contributed by atoms with Crippen molar-refractivity contribution in [1.82, 2.24) is 5.32 Å². The molecule has 2 heteroatoms. The average molecular weight is 185 g/mol. The van der Waals surface area contributed by atoms with Crippen LogP contribution >= 0.6 is 0 Å². The minimum absolute atomic E-state index is 0.161. The summed E-state index contributed by atoms with van der Waals surface area (Å²) < 4.78 is 0. The van der Waals surface area contributed by atoms with E-state index < -0.39 is 0 Å². The van der Waals surface area contributed by atoms with Gasteiger partial charge in [-0.1, -0.05) is 27.7 Å². The lowest BCUT2D eigenvalue weighted by molar-refractivity contribution is 0.0340. The molecule has 1 saturated heterocycles. The number of rotatable bonds is 2. The van der Waals surface area contributed by atoms with Crippen molar-refractivity contribution >= 4 is 0 Å². The van der Waals surface area contributed by atoms with E-state index in [0.29, 0.717) is 12.0 Å². The van der Waals surface area contributed by atoms with Crippen LogP contribution in [0.3, 0.4) is 0 Å². The first-order valence-corrected chi connectivity index (χ1v) is 5.32. The van der Waals surface area contributed by atoms with Gasteiger partial charge in [-0.15, -0.1) is 0 Å². The minimum Gasteiger partial charge on any atom is -0.391 e. The van der Waals surface area contributed by atoms with Gasteiger partial charge >= 0.3 is 0 Å². The van der Waals surface area contributed by atoms with Gasteiger partial charge in [0.15, 0.2) is 0 Å². The Balaban J connectivity index is 2.44. The largest absolute Gasteiger partial charge is 0.391 e. The second-order valence-electron chi connectivity index (χ2n) is 5.55. The lowest BCUT2D eigenvalue weighted by atomic mass is 9.79. The normalized spacial score (nSPS) is 33.7. The van der Waals surface area contributed by atoms with Crippen molar-refractivity contribution in [2.75, 3.05) is 6.54 Å². The maximum Gasteiger partial charge on any atom is 0.0698 e.